The minimum absolute atomic E-state index is 0.299. The predicted octanol–water partition coefficient (Wildman–Crippen LogP) is 7.42. The summed E-state index contributed by atoms with van der Waals surface area (Å²) in [6.45, 7) is 0.443. The molecule has 1 aliphatic heterocycles. The van der Waals surface area contributed by atoms with E-state index in [9.17, 15) is 9.59 Å². The van der Waals surface area contributed by atoms with E-state index >= 15 is 0 Å². The number of hydrogen-bond donors (Lipinski definition) is 0. The van der Waals surface area contributed by atoms with Crippen molar-refractivity contribution < 1.29 is 14.3 Å². The number of benzene rings is 4. The Morgan fingerprint density at radius 3 is 2.39 bits per heavy atom. The van der Waals surface area contributed by atoms with E-state index in [-0.39, 0.29) is 11.1 Å². The number of thioether (sulfide) groups is 1. The second-order valence-corrected chi connectivity index (χ2v) is 9.36. The molecule has 4 nitrogen and oxygen atoms in total. The van der Waals surface area contributed by atoms with Crippen LogP contribution in [-0.4, -0.2) is 11.1 Å². The van der Waals surface area contributed by atoms with Gasteiger partial charge in [-0.3, -0.25) is 9.59 Å². The molecule has 0 spiro atoms. The molecule has 2 amide bonds. The van der Waals surface area contributed by atoms with Crippen LogP contribution in [0.2, 0.25) is 0 Å². The molecule has 0 atom stereocenters. The molecule has 6 heteroatoms. The lowest BCUT2D eigenvalue weighted by molar-refractivity contribution is -0.113. The fraction of sp³-hybridized carbons (Fsp3) is 0.0370. The maximum atomic E-state index is 12.8. The Morgan fingerprint density at radius 2 is 1.61 bits per heavy atom. The number of rotatable bonds is 5. The van der Waals surface area contributed by atoms with Crippen molar-refractivity contribution in [1.82, 2.24) is 0 Å². The zero-order valence-corrected chi connectivity index (χ0v) is 19.8. The van der Waals surface area contributed by atoms with E-state index in [0.29, 0.717) is 22.9 Å². The molecule has 0 bridgehead atoms. The molecule has 5 rings (SSSR count). The van der Waals surface area contributed by atoms with E-state index in [0.717, 1.165) is 27.4 Å². The third kappa shape index (κ3) is 4.58. The van der Waals surface area contributed by atoms with E-state index in [4.69, 9.17) is 4.74 Å². The van der Waals surface area contributed by atoms with Crippen molar-refractivity contribution in [1.29, 1.82) is 0 Å². The van der Waals surface area contributed by atoms with Crippen LogP contribution < -0.4 is 9.64 Å². The van der Waals surface area contributed by atoms with E-state index in [1.165, 1.54) is 15.7 Å². The highest BCUT2D eigenvalue weighted by atomic mass is 79.9. The molecular formula is C27H18BrNO3S. The molecule has 0 saturated carbocycles. The number of halogens is 1. The average molecular weight is 516 g/mol. The number of carbonyl (C=O) groups is 2. The van der Waals surface area contributed by atoms with Crippen LogP contribution >= 0.6 is 27.7 Å². The number of amides is 2. The van der Waals surface area contributed by atoms with E-state index in [2.05, 4.69) is 46.3 Å². The number of hydrogen-bond acceptors (Lipinski definition) is 4. The Labute approximate surface area is 204 Å². The molecule has 33 heavy (non-hydrogen) atoms. The smallest absolute Gasteiger partial charge is 0.298 e. The van der Waals surface area contributed by atoms with Gasteiger partial charge in [0.05, 0.1) is 15.1 Å². The molecule has 0 radical (unpaired) electrons. The molecular weight excluding hydrogens is 498 g/mol. The highest BCUT2D eigenvalue weighted by Gasteiger charge is 2.36. The Bertz CT molecular complexity index is 1400. The zero-order valence-electron chi connectivity index (χ0n) is 17.4. The van der Waals surface area contributed by atoms with Gasteiger partial charge in [0.1, 0.15) is 12.4 Å². The minimum Gasteiger partial charge on any atom is -0.488 e. The van der Waals surface area contributed by atoms with E-state index < -0.39 is 0 Å². The first-order chi connectivity index (χ1) is 16.1. The molecule has 1 heterocycles. The molecule has 0 aliphatic carbocycles. The maximum Gasteiger partial charge on any atom is 0.298 e. The van der Waals surface area contributed by atoms with Crippen LogP contribution in [0.4, 0.5) is 10.5 Å². The van der Waals surface area contributed by atoms with Gasteiger partial charge in [0, 0.05) is 0 Å². The quantitative estimate of drug-likeness (QED) is 0.259. The highest BCUT2D eigenvalue weighted by molar-refractivity contribution is 9.10. The molecule has 4 aromatic rings. The summed E-state index contributed by atoms with van der Waals surface area (Å²) in [5, 5.41) is 2.08. The lowest BCUT2D eigenvalue weighted by Gasteiger charge is -2.11. The van der Waals surface area contributed by atoms with Crippen LogP contribution in [0, 0.1) is 0 Å². The van der Waals surface area contributed by atoms with Crippen molar-refractivity contribution in [2.75, 3.05) is 4.90 Å². The van der Waals surface area contributed by atoms with Gasteiger partial charge in [0.15, 0.2) is 0 Å². The minimum atomic E-state index is -0.316. The molecule has 4 aromatic carbocycles. The van der Waals surface area contributed by atoms with Crippen LogP contribution in [0.3, 0.4) is 0 Å². The molecule has 1 aliphatic rings. The lowest BCUT2D eigenvalue weighted by atomic mass is 10.1. The fourth-order valence-corrected chi connectivity index (χ4v) is 4.98. The maximum absolute atomic E-state index is 12.8. The fourth-order valence-electron chi connectivity index (χ4n) is 3.63. The topological polar surface area (TPSA) is 46.6 Å². The van der Waals surface area contributed by atoms with Crippen LogP contribution in [0.1, 0.15) is 11.1 Å². The largest absolute Gasteiger partial charge is 0.488 e. The molecule has 1 fully saturated rings. The lowest BCUT2D eigenvalue weighted by Crippen LogP contribution is -2.27. The van der Waals surface area contributed by atoms with Gasteiger partial charge in [-0.05, 0) is 86.0 Å². The number of imide groups is 1. The SMILES string of the molecule is O=C1S/C(=C\c2ccc(OCc3ccc4ccccc4c3)c(Br)c2)C(=O)N1c1ccccc1. The molecule has 0 unspecified atom stereocenters. The number of carbonyl (C=O) groups excluding carboxylic acids is 2. The highest BCUT2D eigenvalue weighted by Crippen LogP contribution is 2.36. The third-order valence-electron chi connectivity index (χ3n) is 5.27. The Kier molecular flexibility index (Phi) is 6.03. The predicted molar refractivity (Wildman–Crippen MR) is 137 cm³/mol. The Balaban J connectivity index is 1.31. The third-order valence-corrected chi connectivity index (χ3v) is 6.76. The standard InChI is InChI=1S/C27H18BrNO3S/c28-23-15-18(16-25-26(30)29(27(31)33-25)22-8-2-1-3-9-22)11-13-24(23)32-17-19-10-12-20-6-4-5-7-21(20)14-19/h1-16H,17H2/b25-16-. The van der Waals surface area contributed by atoms with Crippen molar-refractivity contribution in [2.45, 2.75) is 6.61 Å². The summed E-state index contributed by atoms with van der Waals surface area (Å²) < 4.78 is 6.78. The van der Waals surface area contributed by atoms with Crippen molar-refractivity contribution in [3.8, 4) is 5.75 Å². The Hall–Kier alpha value is -3.35. The van der Waals surface area contributed by atoms with Crippen LogP contribution in [0.15, 0.2) is 100 Å². The van der Waals surface area contributed by atoms with Crippen molar-refractivity contribution in [3.05, 3.63) is 112 Å². The van der Waals surface area contributed by atoms with E-state index in [1.807, 2.05) is 36.4 Å². The normalized spacial score (nSPS) is 14.9. The zero-order chi connectivity index (χ0) is 22.8. The van der Waals surface area contributed by atoms with Crippen molar-refractivity contribution >= 4 is 61.4 Å². The van der Waals surface area contributed by atoms with Crippen molar-refractivity contribution in [2.24, 2.45) is 0 Å². The first kappa shape index (κ1) is 21.5. The number of fused-ring (bicyclic) bond motifs is 1. The van der Waals surface area contributed by atoms with Gasteiger partial charge in [0.2, 0.25) is 0 Å². The van der Waals surface area contributed by atoms with E-state index in [1.54, 1.807) is 30.3 Å². The van der Waals surface area contributed by atoms with Gasteiger partial charge in [-0.1, -0.05) is 60.7 Å². The van der Waals surface area contributed by atoms with Gasteiger partial charge in [-0.2, -0.15) is 0 Å². The van der Waals surface area contributed by atoms with Crippen LogP contribution in [0.25, 0.3) is 16.8 Å². The first-order valence-corrected chi connectivity index (χ1v) is 11.9. The molecule has 1 saturated heterocycles. The molecule has 0 aromatic heterocycles. The number of ether oxygens (including phenoxy) is 1. The summed E-state index contributed by atoms with van der Waals surface area (Å²) in [6.07, 6.45) is 1.73. The number of anilines is 1. The summed E-state index contributed by atoms with van der Waals surface area (Å²) in [6, 6.07) is 29.1. The first-order valence-electron chi connectivity index (χ1n) is 10.3. The molecule has 162 valence electrons. The van der Waals surface area contributed by atoms with Crippen molar-refractivity contribution in [3.63, 3.8) is 0 Å². The summed E-state index contributed by atoms with van der Waals surface area (Å²) in [7, 11) is 0. The van der Waals surface area contributed by atoms with Crippen LogP contribution in [-0.2, 0) is 11.4 Å². The summed E-state index contributed by atoms with van der Waals surface area (Å²) in [5.74, 6) is 0.390. The molecule has 0 N–H and O–H groups in total. The van der Waals surface area contributed by atoms with Crippen LogP contribution in [0.5, 0.6) is 5.75 Å². The summed E-state index contributed by atoms with van der Waals surface area (Å²) in [5.41, 5.74) is 2.46. The van der Waals surface area contributed by atoms with Gasteiger partial charge >= 0.3 is 0 Å². The monoisotopic (exact) mass is 515 g/mol. The average Bonchev–Trinajstić information content (AvgIpc) is 3.11. The second kappa shape index (κ2) is 9.25. The number of nitrogens with zero attached hydrogens (tertiary/aromatic N) is 1. The van der Waals surface area contributed by atoms with Gasteiger partial charge in [-0.15, -0.1) is 0 Å². The van der Waals surface area contributed by atoms with Gasteiger partial charge < -0.3 is 4.74 Å². The summed E-state index contributed by atoms with van der Waals surface area (Å²) >= 11 is 4.50. The second-order valence-electron chi connectivity index (χ2n) is 7.51. The summed E-state index contributed by atoms with van der Waals surface area (Å²) in [4.78, 5) is 26.8. The Morgan fingerprint density at radius 1 is 0.848 bits per heavy atom. The van der Waals surface area contributed by atoms with Gasteiger partial charge in [0.25, 0.3) is 11.1 Å². The van der Waals surface area contributed by atoms with Gasteiger partial charge in [-0.25, -0.2) is 4.90 Å². The number of para-hydroxylation sites is 1.